The molecule has 2 atom stereocenters. The molecule has 1 aromatic rings. The highest BCUT2D eigenvalue weighted by Gasteiger charge is 2.18. The number of ether oxygens (including phenoxy) is 1. The van der Waals surface area contributed by atoms with E-state index >= 15 is 0 Å². The minimum absolute atomic E-state index is 0. The maximum atomic E-state index is 11.7. The number of rotatable bonds is 5. The lowest BCUT2D eigenvalue weighted by Crippen LogP contribution is -2.41. The smallest absolute Gasteiger partial charge is 0.250 e. The second-order valence-corrected chi connectivity index (χ2v) is 4.66. The van der Waals surface area contributed by atoms with Gasteiger partial charge in [-0.15, -0.1) is 12.4 Å². The van der Waals surface area contributed by atoms with Crippen molar-refractivity contribution in [3.8, 4) is 0 Å². The Morgan fingerprint density at radius 2 is 2.22 bits per heavy atom. The van der Waals surface area contributed by atoms with Gasteiger partial charge in [-0.3, -0.25) is 4.79 Å². The standard InChI is InChI=1S/C12H17BrN2O2.ClH/c1-8(9-4-3-5-10(13)6-9)15-12(16)11(7-14)17-2;/h3-6,8,11H,7,14H2,1-2H3,(H,15,16);1H. The van der Waals surface area contributed by atoms with Crippen molar-refractivity contribution in [3.05, 3.63) is 34.3 Å². The van der Waals surface area contributed by atoms with Crippen LogP contribution >= 0.6 is 28.3 Å². The van der Waals surface area contributed by atoms with E-state index in [0.29, 0.717) is 0 Å². The Morgan fingerprint density at radius 1 is 1.56 bits per heavy atom. The maximum absolute atomic E-state index is 11.7. The number of amides is 1. The predicted octanol–water partition coefficient (Wildman–Crippen LogP) is 2.02. The molecule has 3 N–H and O–H groups in total. The summed E-state index contributed by atoms with van der Waals surface area (Å²) in [6.07, 6.45) is -0.593. The Morgan fingerprint density at radius 3 is 2.72 bits per heavy atom. The summed E-state index contributed by atoms with van der Waals surface area (Å²) >= 11 is 3.40. The number of halogens is 2. The third-order valence-corrected chi connectivity index (χ3v) is 2.99. The van der Waals surface area contributed by atoms with Crippen LogP contribution in [0.2, 0.25) is 0 Å². The minimum atomic E-state index is -0.593. The zero-order valence-electron chi connectivity index (χ0n) is 10.4. The topological polar surface area (TPSA) is 64.3 Å². The third kappa shape index (κ3) is 4.94. The van der Waals surface area contributed by atoms with Crippen LogP contribution in [0, 0.1) is 0 Å². The molecule has 18 heavy (non-hydrogen) atoms. The molecule has 1 rings (SSSR count). The highest BCUT2D eigenvalue weighted by Crippen LogP contribution is 2.17. The summed E-state index contributed by atoms with van der Waals surface area (Å²) in [7, 11) is 1.47. The number of nitrogens with one attached hydrogen (secondary N) is 1. The second kappa shape index (κ2) is 8.48. The maximum Gasteiger partial charge on any atom is 0.250 e. The molecule has 4 nitrogen and oxygen atoms in total. The average Bonchev–Trinajstić information content (AvgIpc) is 2.30. The monoisotopic (exact) mass is 336 g/mol. The van der Waals surface area contributed by atoms with E-state index in [1.807, 2.05) is 31.2 Å². The largest absolute Gasteiger partial charge is 0.370 e. The summed E-state index contributed by atoms with van der Waals surface area (Å²) in [5, 5.41) is 2.86. The van der Waals surface area contributed by atoms with Crippen LogP contribution in [0.3, 0.4) is 0 Å². The first kappa shape index (κ1) is 17.4. The van der Waals surface area contributed by atoms with Crippen molar-refractivity contribution in [2.45, 2.75) is 19.1 Å². The molecule has 1 aromatic carbocycles. The first-order chi connectivity index (χ1) is 8.08. The molecular weight excluding hydrogens is 320 g/mol. The van der Waals surface area contributed by atoms with Gasteiger partial charge < -0.3 is 15.8 Å². The number of nitrogens with two attached hydrogens (primary N) is 1. The summed E-state index contributed by atoms with van der Waals surface area (Å²) in [6, 6.07) is 7.72. The molecule has 0 aliphatic heterocycles. The van der Waals surface area contributed by atoms with Crippen molar-refractivity contribution in [3.63, 3.8) is 0 Å². The molecule has 0 aliphatic rings. The Labute approximate surface area is 122 Å². The van der Waals surface area contributed by atoms with Gasteiger partial charge in [-0.05, 0) is 24.6 Å². The van der Waals surface area contributed by atoms with Gasteiger partial charge in [-0.25, -0.2) is 0 Å². The number of benzene rings is 1. The Kier molecular flexibility index (Phi) is 8.18. The Hall–Kier alpha value is -0.620. The second-order valence-electron chi connectivity index (χ2n) is 3.75. The Balaban J connectivity index is 0.00000289. The highest BCUT2D eigenvalue weighted by atomic mass is 79.9. The lowest BCUT2D eigenvalue weighted by molar-refractivity contribution is -0.131. The van der Waals surface area contributed by atoms with Crippen LogP contribution in [-0.4, -0.2) is 25.7 Å². The lowest BCUT2D eigenvalue weighted by atomic mass is 10.1. The summed E-state index contributed by atoms with van der Waals surface area (Å²) in [5.74, 6) is -0.192. The van der Waals surface area contributed by atoms with Gasteiger partial charge in [0.1, 0.15) is 6.10 Å². The fraction of sp³-hybridized carbons (Fsp3) is 0.417. The van der Waals surface area contributed by atoms with Crippen LogP contribution in [0.15, 0.2) is 28.7 Å². The van der Waals surface area contributed by atoms with Gasteiger partial charge >= 0.3 is 0 Å². The lowest BCUT2D eigenvalue weighted by Gasteiger charge is -2.18. The quantitative estimate of drug-likeness (QED) is 0.864. The average molecular weight is 338 g/mol. The molecule has 0 saturated carbocycles. The van der Waals surface area contributed by atoms with E-state index in [0.717, 1.165) is 10.0 Å². The molecule has 0 aliphatic carbocycles. The van der Waals surface area contributed by atoms with Crippen molar-refractivity contribution in [2.75, 3.05) is 13.7 Å². The summed E-state index contributed by atoms with van der Waals surface area (Å²) in [6.45, 7) is 2.09. The van der Waals surface area contributed by atoms with E-state index in [1.54, 1.807) is 0 Å². The zero-order valence-corrected chi connectivity index (χ0v) is 12.8. The van der Waals surface area contributed by atoms with Crippen molar-refractivity contribution in [1.82, 2.24) is 5.32 Å². The van der Waals surface area contributed by atoms with E-state index < -0.39 is 6.10 Å². The molecule has 102 valence electrons. The molecule has 0 radical (unpaired) electrons. The fourth-order valence-corrected chi connectivity index (χ4v) is 1.89. The van der Waals surface area contributed by atoms with Gasteiger partial charge in [-0.2, -0.15) is 0 Å². The van der Waals surface area contributed by atoms with Crippen molar-refractivity contribution >= 4 is 34.2 Å². The van der Waals surface area contributed by atoms with Gasteiger partial charge in [0.25, 0.3) is 5.91 Å². The fourth-order valence-electron chi connectivity index (χ4n) is 1.48. The van der Waals surface area contributed by atoms with Gasteiger partial charge in [0.15, 0.2) is 0 Å². The molecule has 0 aromatic heterocycles. The predicted molar refractivity (Wildman–Crippen MR) is 77.8 cm³/mol. The van der Waals surface area contributed by atoms with E-state index in [9.17, 15) is 4.79 Å². The summed E-state index contributed by atoms with van der Waals surface area (Å²) < 4.78 is 5.96. The first-order valence-electron chi connectivity index (χ1n) is 5.37. The summed E-state index contributed by atoms with van der Waals surface area (Å²) in [4.78, 5) is 11.7. The van der Waals surface area contributed by atoms with Crippen molar-refractivity contribution in [1.29, 1.82) is 0 Å². The molecule has 0 heterocycles. The van der Waals surface area contributed by atoms with Gasteiger partial charge in [0, 0.05) is 18.1 Å². The molecule has 0 fully saturated rings. The first-order valence-corrected chi connectivity index (χ1v) is 6.16. The number of carbonyl (C=O) groups is 1. The number of methoxy groups -OCH3 is 1. The molecule has 0 spiro atoms. The van der Waals surface area contributed by atoms with E-state index in [1.165, 1.54) is 7.11 Å². The van der Waals surface area contributed by atoms with Crippen LogP contribution in [0.4, 0.5) is 0 Å². The van der Waals surface area contributed by atoms with Gasteiger partial charge in [-0.1, -0.05) is 28.1 Å². The number of carbonyl (C=O) groups excluding carboxylic acids is 1. The molecule has 0 saturated heterocycles. The van der Waals surface area contributed by atoms with Crippen LogP contribution in [0.5, 0.6) is 0 Å². The SMILES string of the molecule is COC(CN)C(=O)NC(C)c1cccc(Br)c1.Cl. The molecule has 0 bridgehead atoms. The van der Waals surface area contributed by atoms with E-state index in [2.05, 4.69) is 21.2 Å². The third-order valence-electron chi connectivity index (χ3n) is 2.50. The van der Waals surface area contributed by atoms with E-state index in [4.69, 9.17) is 10.5 Å². The van der Waals surface area contributed by atoms with Gasteiger partial charge in [0.2, 0.25) is 0 Å². The minimum Gasteiger partial charge on any atom is -0.370 e. The Bertz CT molecular complexity index is 386. The normalized spacial score (nSPS) is 13.3. The number of hydrogen-bond acceptors (Lipinski definition) is 3. The van der Waals surface area contributed by atoms with Gasteiger partial charge in [0.05, 0.1) is 6.04 Å². The highest BCUT2D eigenvalue weighted by molar-refractivity contribution is 9.10. The van der Waals surface area contributed by atoms with Crippen LogP contribution in [-0.2, 0) is 9.53 Å². The van der Waals surface area contributed by atoms with Crippen molar-refractivity contribution < 1.29 is 9.53 Å². The zero-order chi connectivity index (χ0) is 12.8. The number of hydrogen-bond donors (Lipinski definition) is 2. The molecule has 1 amide bonds. The van der Waals surface area contributed by atoms with Crippen LogP contribution in [0.25, 0.3) is 0 Å². The van der Waals surface area contributed by atoms with E-state index in [-0.39, 0.29) is 30.9 Å². The molecular formula is C12H18BrClN2O2. The van der Waals surface area contributed by atoms with Crippen molar-refractivity contribution in [2.24, 2.45) is 5.73 Å². The van der Waals surface area contributed by atoms with Crippen LogP contribution in [0.1, 0.15) is 18.5 Å². The molecule has 2 unspecified atom stereocenters. The van der Waals surface area contributed by atoms with Crippen LogP contribution < -0.4 is 11.1 Å². The summed E-state index contributed by atoms with van der Waals surface area (Å²) in [5.41, 5.74) is 6.46. The molecule has 6 heteroatoms.